The average molecular weight is 409 g/mol. The van der Waals surface area contributed by atoms with Crippen molar-refractivity contribution in [2.45, 2.75) is 47.1 Å². The highest BCUT2D eigenvalue weighted by Crippen LogP contribution is 2.29. The molecule has 7 heteroatoms. The van der Waals surface area contributed by atoms with Crippen molar-refractivity contribution in [3.05, 3.63) is 53.0 Å². The lowest BCUT2D eigenvalue weighted by molar-refractivity contribution is -0.146. The Morgan fingerprint density at radius 2 is 1.77 bits per heavy atom. The van der Waals surface area contributed by atoms with E-state index in [-0.39, 0.29) is 18.2 Å². The summed E-state index contributed by atoms with van der Waals surface area (Å²) in [4.78, 5) is 29.4. The van der Waals surface area contributed by atoms with E-state index in [0.29, 0.717) is 0 Å². The molecule has 2 aromatic heterocycles. The number of hydrogen-bond acceptors (Lipinski definition) is 5. The second-order valence-corrected chi connectivity index (χ2v) is 7.81. The fraction of sp³-hybridized carbons (Fsp3) is 0.391. The molecule has 0 saturated heterocycles. The number of carbonyl (C=O) groups excluding carboxylic acids is 2. The van der Waals surface area contributed by atoms with Gasteiger partial charge in [0.2, 0.25) is 5.91 Å². The number of fused-ring (bicyclic) bond motifs is 1. The summed E-state index contributed by atoms with van der Waals surface area (Å²) in [6.45, 7) is 9.52. The van der Waals surface area contributed by atoms with Gasteiger partial charge in [0.05, 0.1) is 19.2 Å². The van der Waals surface area contributed by atoms with Crippen molar-refractivity contribution < 1.29 is 14.3 Å². The molecule has 0 spiro atoms. The molecule has 1 aromatic carbocycles. The fourth-order valence-corrected chi connectivity index (χ4v) is 3.68. The van der Waals surface area contributed by atoms with Crippen LogP contribution >= 0.6 is 0 Å². The molecule has 0 radical (unpaired) electrons. The van der Waals surface area contributed by atoms with E-state index in [4.69, 9.17) is 9.72 Å². The van der Waals surface area contributed by atoms with E-state index in [0.717, 1.165) is 39.4 Å². The molecule has 1 amide bonds. The Bertz CT molecular complexity index is 1090. The van der Waals surface area contributed by atoms with Crippen LogP contribution < -0.4 is 5.32 Å². The quantitative estimate of drug-likeness (QED) is 0.633. The monoisotopic (exact) mass is 408 g/mol. The lowest BCUT2D eigenvalue weighted by Gasteiger charge is -2.20. The predicted molar refractivity (Wildman–Crippen MR) is 115 cm³/mol. The van der Waals surface area contributed by atoms with Crippen molar-refractivity contribution in [2.75, 3.05) is 7.11 Å². The number of nitrogens with one attached hydrogen (secondary N) is 1. The number of nitrogens with zero attached hydrogens (tertiary/aromatic N) is 3. The second-order valence-electron chi connectivity index (χ2n) is 7.81. The van der Waals surface area contributed by atoms with E-state index in [1.165, 1.54) is 7.11 Å². The topological polar surface area (TPSA) is 85.6 Å². The average Bonchev–Trinajstić information content (AvgIpc) is 3.05. The van der Waals surface area contributed by atoms with Crippen molar-refractivity contribution >= 4 is 17.5 Å². The van der Waals surface area contributed by atoms with Gasteiger partial charge >= 0.3 is 5.97 Å². The van der Waals surface area contributed by atoms with Crippen LogP contribution in [-0.4, -0.2) is 39.6 Å². The van der Waals surface area contributed by atoms with Gasteiger partial charge < -0.3 is 10.1 Å². The van der Waals surface area contributed by atoms with Gasteiger partial charge in [-0.3, -0.25) is 4.79 Å². The van der Waals surface area contributed by atoms with E-state index in [9.17, 15) is 9.59 Å². The SMILES string of the molecule is COC(=O)C(NC(=O)Cc1c(C)nc2c(-c3ccccc3)c(C)nn2c1C)C(C)C. The lowest BCUT2D eigenvalue weighted by atomic mass is 10.0. The Labute approximate surface area is 176 Å². The van der Waals surface area contributed by atoms with Gasteiger partial charge in [0, 0.05) is 22.5 Å². The minimum Gasteiger partial charge on any atom is -0.467 e. The summed E-state index contributed by atoms with van der Waals surface area (Å²) in [6, 6.07) is 9.35. The van der Waals surface area contributed by atoms with Crippen LogP contribution in [0.5, 0.6) is 0 Å². The number of rotatable bonds is 6. The molecule has 0 aliphatic heterocycles. The molecule has 2 heterocycles. The van der Waals surface area contributed by atoms with Gasteiger partial charge in [-0.1, -0.05) is 44.2 Å². The van der Waals surface area contributed by atoms with Crippen molar-refractivity contribution in [3.8, 4) is 11.1 Å². The molecule has 0 aliphatic carbocycles. The largest absolute Gasteiger partial charge is 0.467 e. The molecule has 0 fully saturated rings. The Hall–Kier alpha value is -3.22. The van der Waals surface area contributed by atoms with Gasteiger partial charge in [0.25, 0.3) is 0 Å². The summed E-state index contributed by atoms with van der Waals surface area (Å²) in [7, 11) is 1.32. The van der Waals surface area contributed by atoms with Gasteiger partial charge in [0.15, 0.2) is 5.65 Å². The number of carbonyl (C=O) groups is 2. The van der Waals surface area contributed by atoms with Crippen LogP contribution in [0.4, 0.5) is 0 Å². The second kappa shape index (κ2) is 8.65. The highest BCUT2D eigenvalue weighted by Gasteiger charge is 2.26. The molecule has 3 rings (SSSR count). The first-order valence-corrected chi connectivity index (χ1v) is 10.0. The van der Waals surface area contributed by atoms with E-state index >= 15 is 0 Å². The zero-order chi connectivity index (χ0) is 22.0. The van der Waals surface area contributed by atoms with Gasteiger partial charge in [-0.05, 0) is 32.3 Å². The Balaban J connectivity index is 1.96. The zero-order valence-corrected chi connectivity index (χ0v) is 18.3. The smallest absolute Gasteiger partial charge is 0.328 e. The number of ether oxygens (including phenoxy) is 1. The van der Waals surface area contributed by atoms with Crippen molar-refractivity contribution in [1.29, 1.82) is 0 Å². The lowest BCUT2D eigenvalue weighted by Crippen LogP contribution is -2.45. The van der Waals surface area contributed by atoms with Crippen molar-refractivity contribution in [1.82, 2.24) is 19.9 Å². The minimum atomic E-state index is -0.684. The molecule has 30 heavy (non-hydrogen) atoms. The van der Waals surface area contributed by atoms with Crippen LogP contribution in [0.15, 0.2) is 30.3 Å². The molecular formula is C23H28N4O3. The Morgan fingerprint density at radius 1 is 1.10 bits per heavy atom. The van der Waals surface area contributed by atoms with E-state index in [1.54, 1.807) is 4.52 Å². The third-order valence-corrected chi connectivity index (χ3v) is 5.34. The normalized spacial score (nSPS) is 12.2. The third kappa shape index (κ3) is 4.06. The van der Waals surface area contributed by atoms with Gasteiger partial charge in [-0.15, -0.1) is 0 Å². The van der Waals surface area contributed by atoms with Crippen LogP contribution in [0.25, 0.3) is 16.8 Å². The zero-order valence-electron chi connectivity index (χ0n) is 18.3. The highest BCUT2D eigenvalue weighted by atomic mass is 16.5. The van der Waals surface area contributed by atoms with Gasteiger partial charge in [-0.25, -0.2) is 14.3 Å². The maximum Gasteiger partial charge on any atom is 0.328 e. The summed E-state index contributed by atoms with van der Waals surface area (Å²) in [5.41, 5.74) is 6.12. The minimum absolute atomic E-state index is 0.0774. The molecule has 0 aliphatic rings. The molecule has 1 unspecified atom stereocenters. The van der Waals surface area contributed by atoms with Gasteiger partial charge in [0.1, 0.15) is 6.04 Å². The fourth-order valence-electron chi connectivity index (χ4n) is 3.68. The maximum atomic E-state index is 12.7. The van der Waals surface area contributed by atoms with E-state index < -0.39 is 12.0 Å². The molecule has 0 saturated carbocycles. The Morgan fingerprint density at radius 3 is 2.37 bits per heavy atom. The molecule has 3 aromatic rings. The first-order valence-electron chi connectivity index (χ1n) is 10.0. The number of aryl methyl sites for hydroxylation is 3. The van der Waals surface area contributed by atoms with Crippen LogP contribution in [0.1, 0.15) is 36.5 Å². The summed E-state index contributed by atoms with van der Waals surface area (Å²) in [5, 5.41) is 7.47. The molecule has 158 valence electrons. The summed E-state index contributed by atoms with van der Waals surface area (Å²) in [5.74, 6) is -0.777. The number of amides is 1. The summed E-state index contributed by atoms with van der Waals surface area (Å²) in [6.07, 6.45) is 0.112. The van der Waals surface area contributed by atoms with Gasteiger partial charge in [-0.2, -0.15) is 5.10 Å². The molecule has 1 atom stereocenters. The standard InChI is InChI=1S/C23H28N4O3/c1-13(2)21(23(29)30-6)25-19(28)12-18-14(3)24-22-20(17-10-8-7-9-11-17)15(4)26-27(22)16(18)5/h7-11,13,21H,12H2,1-6H3,(H,25,28). The van der Waals surface area contributed by atoms with Crippen LogP contribution in [0, 0.1) is 26.7 Å². The molecule has 7 nitrogen and oxygen atoms in total. The molecule has 1 N–H and O–H groups in total. The first-order chi connectivity index (χ1) is 14.2. The summed E-state index contributed by atoms with van der Waals surface area (Å²) < 4.78 is 6.61. The van der Waals surface area contributed by atoms with Crippen LogP contribution in [0.2, 0.25) is 0 Å². The van der Waals surface area contributed by atoms with E-state index in [2.05, 4.69) is 10.4 Å². The first kappa shape index (κ1) is 21.5. The number of aromatic nitrogens is 3. The third-order valence-electron chi connectivity index (χ3n) is 5.34. The predicted octanol–water partition coefficient (Wildman–Crippen LogP) is 3.18. The van der Waals surface area contributed by atoms with Crippen LogP contribution in [0.3, 0.4) is 0 Å². The highest BCUT2D eigenvalue weighted by molar-refractivity contribution is 5.86. The number of hydrogen-bond donors (Lipinski definition) is 1. The van der Waals surface area contributed by atoms with Crippen molar-refractivity contribution in [2.24, 2.45) is 5.92 Å². The van der Waals surface area contributed by atoms with Crippen molar-refractivity contribution in [3.63, 3.8) is 0 Å². The van der Waals surface area contributed by atoms with Crippen LogP contribution in [-0.2, 0) is 20.7 Å². The van der Waals surface area contributed by atoms with E-state index in [1.807, 2.05) is 65.0 Å². The number of esters is 1. The number of benzene rings is 1. The number of methoxy groups -OCH3 is 1. The maximum absolute atomic E-state index is 12.7. The molecular weight excluding hydrogens is 380 g/mol. The molecule has 0 bridgehead atoms. The summed E-state index contributed by atoms with van der Waals surface area (Å²) >= 11 is 0. The Kier molecular flexibility index (Phi) is 6.20.